The van der Waals surface area contributed by atoms with Crippen LogP contribution in [0, 0.1) is 5.92 Å². The minimum absolute atomic E-state index is 0.198. The van der Waals surface area contributed by atoms with Gasteiger partial charge in [0.1, 0.15) is 0 Å². The smallest absolute Gasteiger partial charge is 0.308 e. The zero-order valence-corrected chi connectivity index (χ0v) is 7.08. The topological polar surface area (TPSA) is 46.5 Å². The van der Waals surface area contributed by atoms with Crippen LogP contribution in [0.2, 0.25) is 0 Å². The van der Waals surface area contributed by atoms with Crippen molar-refractivity contribution in [3.8, 4) is 0 Å². The van der Waals surface area contributed by atoms with Gasteiger partial charge in [-0.3, -0.25) is 4.79 Å². The highest BCUT2D eigenvalue weighted by molar-refractivity contribution is 5.70. The minimum atomic E-state index is -1.10. The molecule has 0 spiro atoms. The van der Waals surface area contributed by atoms with Crippen molar-refractivity contribution in [2.24, 2.45) is 5.92 Å². The van der Waals surface area contributed by atoms with E-state index in [1.54, 1.807) is 0 Å². The molecule has 1 aliphatic carbocycles. The van der Waals surface area contributed by atoms with Crippen molar-refractivity contribution in [2.45, 2.75) is 44.3 Å². The van der Waals surface area contributed by atoms with Crippen LogP contribution in [0.3, 0.4) is 0 Å². The van der Waals surface area contributed by atoms with E-state index in [4.69, 9.17) is 4.74 Å². The molecule has 68 valence electrons. The Morgan fingerprint density at radius 3 is 3.08 bits per heavy atom. The van der Waals surface area contributed by atoms with Crippen LogP contribution in [0.1, 0.15) is 38.5 Å². The summed E-state index contributed by atoms with van der Waals surface area (Å²) in [5.41, 5.74) is 0. The van der Waals surface area contributed by atoms with Gasteiger partial charge < -0.3 is 9.84 Å². The maximum atomic E-state index is 10.9. The van der Waals surface area contributed by atoms with Crippen molar-refractivity contribution in [1.29, 1.82) is 0 Å². The summed E-state index contributed by atoms with van der Waals surface area (Å²) in [4.78, 5) is 10.9. The van der Waals surface area contributed by atoms with E-state index in [0.717, 1.165) is 25.7 Å². The van der Waals surface area contributed by atoms with Crippen molar-refractivity contribution < 1.29 is 14.6 Å². The number of esters is 1. The normalized spacial score (nSPS) is 41.8. The Kier molecular flexibility index (Phi) is 1.83. The maximum absolute atomic E-state index is 10.9. The van der Waals surface area contributed by atoms with E-state index in [1.807, 2.05) is 0 Å². The van der Waals surface area contributed by atoms with E-state index in [9.17, 15) is 9.90 Å². The monoisotopic (exact) mass is 170 g/mol. The molecule has 2 atom stereocenters. The number of hydrogen-bond acceptors (Lipinski definition) is 3. The van der Waals surface area contributed by atoms with Gasteiger partial charge in [-0.05, 0) is 19.3 Å². The van der Waals surface area contributed by atoms with E-state index in [1.165, 1.54) is 0 Å². The first-order valence-corrected chi connectivity index (χ1v) is 4.65. The molecule has 1 aliphatic heterocycles. The fourth-order valence-corrected chi connectivity index (χ4v) is 2.24. The van der Waals surface area contributed by atoms with E-state index in [2.05, 4.69) is 0 Å². The van der Waals surface area contributed by atoms with Gasteiger partial charge in [-0.2, -0.15) is 0 Å². The highest BCUT2D eigenvalue weighted by Gasteiger charge is 2.45. The molecule has 2 fully saturated rings. The van der Waals surface area contributed by atoms with Gasteiger partial charge in [0.05, 0.1) is 0 Å². The average Bonchev–Trinajstić information content (AvgIpc) is 2.02. The molecule has 3 nitrogen and oxygen atoms in total. The fraction of sp³-hybridized carbons (Fsp3) is 0.889. The third-order valence-electron chi connectivity index (χ3n) is 2.96. The van der Waals surface area contributed by atoms with Gasteiger partial charge in [-0.15, -0.1) is 0 Å². The number of hydrogen-bond donors (Lipinski definition) is 1. The van der Waals surface area contributed by atoms with E-state index in [-0.39, 0.29) is 11.9 Å². The van der Waals surface area contributed by atoms with Gasteiger partial charge in [0.15, 0.2) is 0 Å². The number of ether oxygens (including phenoxy) is 1. The Morgan fingerprint density at radius 2 is 2.25 bits per heavy atom. The maximum Gasteiger partial charge on any atom is 0.308 e. The molecule has 0 radical (unpaired) electrons. The van der Waals surface area contributed by atoms with Crippen molar-refractivity contribution in [2.75, 3.05) is 0 Å². The number of fused-ring (bicyclic) bond motifs is 1. The van der Waals surface area contributed by atoms with Crippen LogP contribution < -0.4 is 0 Å². The Hall–Kier alpha value is -0.570. The van der Waals surface area contributed by atoms with Crippen molar-refractivity contribution in [3.05, 3.63) is 0 Å². The standard InChI is InChI=1S/C9H14O3/c10-8-5-4-7-3-1-2-6-9(7,11)12-8/h7,11H,1-6H2/t7-,9-/m0/s1. The molecule has 12 heavy (non-hydrogen) atoms. The quantitative estimate of drug-likeness (QED) is 0.556. The molecule has 1 heterocycles. The lowest BCUT2D eigenvalue weighted by Crippen LogP contribution is -2.48. The molecule has 0 unspecified atom stereocenters. The van der Waals surface area contributed by atoms with Gasteiger partial charge in [-0.1, -0.05) is 6.42 Å². The summed E-state index contributed by atoms with van der Waals surface area (Å²) in [6.07, 6.45) is 5.04. The van der Waals surface area contributed by atoms with Crippen molar-refractivity contribution >= 4 is 5.97 Å². The van der Waals surface area contributed by atoms with Gasteiger partial charge in [0.25, 0.3) is 0 Å². The number of carbonyl (C=O) groups excluding carboxylic acids is 1. The Balaban J connectivity index is 2.12. The van der Waals surface area contributed by atoms with E-state index < -0.39 is 5.79 Å². The van der Waals surface area contributed by atoms with Gasteiger partial charge in [0.2, 0.25) is 5.79 Å². The van der Waals surface area contributed by atoms with Gasteiger partial charge in [0, 0.05) is 18.8 Å². The first kappa shape index (κ1) is 8.05. The summed E-state index contributed by atoms with van der Waals surface area (Å²) in [7, 11) is 0. The largest absolute Gasteiger partial charge is 0.433 e. The van der Waals surface area contributed by atoms with Crippen LogP contribution in [-0.4, -0.2) is 16.9 Å². The molecule has 0 aromatic carbocycles. The summed E-state index contributed by atoms with van der Waals surface area (Å²) < 4.78 is 4.99. The molecule has 2 aliphatic rings. The van der Waals surface area contributed by atoms with E-state index in [0.29, 0.717) is 12.8 Å². The Bertz CT molecular complexity index is 202. The lowest BCUT2D eigenvalue weighted by Gasteiger charge is -2.41. The molecule has 0 aromatic heterocycles. The highest BCUT2D eigenvalue weighted by Crippen LogP contribution is 2.40. The third kappa shape index (κ3) is 1.22. The highest BCUT2D eigenvalue weighted by atomic mass is 16.7. The second kappa shape index (κ2) is 2.73. The number of aliphatic hydroxyl groups is 1. The third-order valence-corrected chi connectivity index (χ3v) is 2.96. The first-order valence-electron chi connectivity index (χ1n) is 4.65. The van der Waals surface area contributed by atoms with Crippen LogP contribution in [-0.2, 0) is 9.53 Å². The SMILES string of the molecule is O=C1CC[C@@H]2CCCC[C@]2(O)O1. The molecule has 1 N–H and O–H groups in total. The molecular weight excluding hydrogens is 156 g/mol. The molecule has 0 aromatic rings. The summed E-state index contributed by atoms with van der Waals surface area (Å²) >= 11 is 0. The van der Waals surface area contributed by atoms with Crippen LogP contribution in [0.25, 0.3) is 0 Å². The summed E-state index contributed by atoms with van der Waals surface area (Å²) in [6, 6.07) is 0. The lowest BCUT2D eigenvalue weighted by atomic mass is 9.79. The fourth-order valence-electron chi connectivity index (χ4n) is 2.24. The molecule has 1 saturated carbocycles. The second-order valence-electron chi connectivity index (χ2n) is 3.80. The zero-order valence-electron chi connectivity index (χ0n) is 7.08. The van der Waals surface area contributed by atoms with Crippen LogP contribution in [0.5, 0.6) is 0 Å². The van der Waals surface area contributed by atoms with Crippen LogP contribution >= 0.6 is 0 Å². The zero-order chi connectivity index (χ0) is 8.60. The molecule has 2 rings (SSSR count). The predicted molar refractivity (Wildman–Crippen MR) is 42.2 cm³/mol. The molecule has 1 saturated heterocycles. The first-order chi connectivity index (χ1) is 5.71. The molecule has 0 bridgehead atoms. The average molecular weight is 170 g/mol. The number of rotatable bonds is 0. The summed E-state index contributed by atoms with van der Waals surface area (Å²) in [5, 5.41) is 9.92. The van der Waals surface area contributed by atoms with Crippen LogP contribution in [0.15, 0.2) is 0 Å². The lowest BCUT2D eigenvalue weighted by molar-refractivity contribution is -0.256. The van der Waals surface area contributed by atoms with Gasteiger partial charge >= 0.3 is 5.97 Å². The van der Waals surface area contributed by atoms with Crippen LogP contribution in [0.4, 0.5) is 0 Å². The second-order valence-corrected chi connectivity index (χ2v) is 3.80. The van der Waals surface area contributed by atoms with Crippen molar-refractivity contribution in [3.63, 3.8) is 0 Å². The molecule has 0 amide bonds. The van der Waals surface area contributed by atoms with E-state index >= 15 is 0 Å². The minimum Gasteiger partial charge on any atom is -0.433 e. The van der Waals surface area contributed by atoms with Crippen molar-refractivity contribution in [1.82, 2.24) is 0 Å². The predicted octanol–water partition coefficient (Wildman–Crippen LogP) is 1.20. The summed E-state index contributed by atoms with van der Waals surface area (Å²) in [5.74, 6) is -1.15. The number of carbonyl (C=O) groups is 1. The Morgan fingerprint density at radius 1 is 1.42 bits per heavy atom. The summed E-state index contributed by atoms with van der Waals surface area (Å²) in [6.45, 7) is 0. The molecular formula is C9H14O3. The van der Waals surface area contributed by atoms with Gasteiger partial charge in [-0.25, -0.2) is 0 Å². The Labute approximate surface area is 71.7 Å². The molecule has 3 heteroatoms.